The molecule has 0 fully saturated rings. The molecule has 0 aliphatic carbocycles. The molecule has 0 radical (unpaired) electrons. The topological polar surface area (TPSA) is 101 Å². The van der Waals surface area contributed by atoms with Crippen molar-refractivity contribution in [2.45, 2.75) is 45.6 Å². The van der Waals surface area contributed by atoms with Crippen LogP contribution in [0.25, 0.3) is 0 Å². The van der Waals surface area contributed by atoms with Crippen LogP contribution in [0.15, 0.2) is 24.4 Å². The molecule has 0 saturated heterocycles. The summed E-state index contributed by atoms with van der Waals surface area (Å²) in [5.74, 6) is 2.10. The van der Waals surface area contributed by atoms with Gasteiger partial charge in [-0.1, -0.05) is 6.92 Å². The van der Waals surface area contributed by atoms with Crippen LogP contribution < -0.4 is 10.2 Å². The fourth-order valence-electron chi connectivity index (χ4n) is 2.52. The van der Waals surface area contributed by atoms with E-state index in [2.05, 4.69) is 33.4 Å². The molecule has 1 atom stereocenters. The second-order valence-corrected chi connectivity index (χ2v) is 6.66. The molecular formula is C18H26N6O. The monoisotopic (exact) mass is 342 g/mol. The SMILES string of the molecule is CCCN(c1cc(C(C)(C)C#N)cc(Nc2ccn[nH]2)n1)[C@H](C)CO. The van der Waals surface area contributed by atoms with Gasteiger partial charge in [-0.15, -0.1) is 0 Å². The molecule has 0 amide bonds. The second kappa shape index (κ2) is 7.99. The van der Waals surface area contributed by atoms with Crippen LogP contribution in [0.3, 0.4) is 0 Å². The smallest absolute Gasteiger partial charge is 0.134 e. The lowest BCUT2D eigenvalue weighted by Crippen LogP contribution is -2.37. The number of H-pyrrole nitrogens is 1. The Kier molecular flexibility index (Phi) is 5.99. The summed E-state index contributed by atoms with van der Waals surface area (Å²) < 4.78 is 0. The van der Waals surface area contributed by atoms with Gasteiger partial charge in [-0.2, -0.15) is 10.4 Å². The Labute approximate surface area is 148 Å². The number of nitrogens with one attached hydrogen (secondary N) is 2. The van der Waals surface area contributed by atoms with Crippen molar-refractivity contribution >= 4 is 17.5 Å². The van der Waals surface area contributed by atoms with Crippen LogP contribution in [0.5, 0.6) is 0 Å². The van der Waals surface area contributed by atoms with Crippen molar-refractivity contribution in [1.29, 1.82) is 5.26 Å². The Hall–Kier alpha value is -2.59. The molecular weight excluding hydrogens is 316 g/mol. The highest BCUT2D eigenvalue weighted by molar-refractivity contribution is 5.59. The average molecular weight is 342 g/mol. The molecule has 3 N–H and O–H groups in total. The Morgan fingerprint density at radius 1 is 1.44 bits per heavy atom. The zero-order valence-electron chi connectivity index (χ0n) is 15.2. The summed E-state index contributed by atoms with van der Waals surface area (Å²) in [6.07, 6.45) is 2.59. The van der Waals surface area contributed by atoms with E-state index in [1.807, 2.05) is 39.0 Å². The Bertz CT molecular complexity index is 720. The summed E-state index contributed by atoms with van der Waals surface area (Å²) in [4.78, 5) is 6.76. The normalized spacial score (nSPS) is 12.5. The summed E-state index contributed by atoms with van der Waals surface area (Å²) in [6, 6.07) is 7.90. The van der Waals surface area contributed by atoms with Gasteiger partial charge in [0.2, 0.25) is 0 Å². The molecule has 7 nitrogen and oxygen atoms in total. The maximum Gasteiger partial charge on any atom is 0.134 e. The number of nitrogens with zero attached hydrogens (tertiary/aromatic N) is 4. The first-order valence-electron chi connectivity index (χ1n) is 8.49. The lowest BCUT2D eigenvalue weighted by Gasteiger charge is -2.30. The van der Waals surface area contributed by atoms with Crippen LogP contribution in [0.1, 0.15) is 39.7 Å². The molecule has 7 heteroatoms. The first kappa shape index (κ1) is 18.7. The number of anilines is 3. The molecule has 0 aliphatic heterocycles. The number of hydrogen-bond acceptors (Lipinski definition) is 6. The van der Waals surface area contributed by atoms with Crippen LogP contribution in [-0.2, 0) is 5.41 Å². The molecule has 2 rings (SSSR count). The third-order valence-electron chi connectivity index (χ3n) is 4.13. The van der Waals surface area contributed by atoms with Crippen LogP contribution in [0.2, 0.25) is 0 Å². The van der Waals surface area contributed by atoms with Gasteiger partial charge < -0.3 is 15.3 Å². The maximum atomic E-state index is 9.59. The van der Waals surface area contributed by atoms with Gasteiger partial charge in [0.15, 0.2) is 0 Å². The van der Waals surface area contributed by atoms with Gasteiger partial charge in [0.05, 0.1) is 30.3 Å². The first-order chi connectivity index (χ1) is 11.9. The number of aromatic nitrogens is 3. The summed E-state index contributed by atoms with van der Waals surface area (Å²) in [7, 11) is 0. The maximum absolute atomic E-state index is 9.59. The fourth-order valence-corrected chi connectivity index (χ4v) is 2.52. The molecule has 2 aromatic rings. The highest BCUT2D eigenvalue weighted by Crippen LogP contribution is 2.29. The number of rotatable bonds is 8. The number of pyridine rings is 1. The Morgan fingerprint density at radius 3 is 2.76 bits per heavy atom. The highest BCUT2D eigenvalue weighted by atomic mass is 16.3. The van der Waals surface area contributed by atoms with E-state index in [1.54, 1.807) is 6.20 Å². The summed E-state index contributed by atoms with van der Waals surface area (Å²) in [5.41, 5.74) is 0.218. The third kappa shape index (κ3) is 4.48. The molecule has 0 unspecified atom stereocenters. The lowest BCUT2D eigenvalue weighted by molar-refractivity contribution is 0.266. The van der Waals surface area contributed by atoms with Crippen molar-refractivity contribution in [1.82, 2.24) is 15.2 Å². The van der Waals surface area contributed by atoms with Crippen molar-refractivity contribution < 1.29 is 5.11 Å². The van der Waals surface area contributed by atoms with Crippen molar-refractivity contribution in [2.75, 3.05) is 23.4 Å². The van der Waals surface area contributed by atoms with Gasteiger partial charge in [0, 0.05) is 12.6 Å². The van der Waals surface area contributed by atoms with Crippen molar-refractivity contribution in [3.63, 3.8) is 0 Å². The molecule has 0 aliphatic rings. The number of aromatic amines is 1. The molecule has 0 aromatic carbocycles. The zero-order chi connectivity index (χ0) is 18.4. The van der Waals surface area contributed by atoms with Gasteiger partial charge in [0.25, 0.3) is 0 Å². The van der Waals surface area contributed by atoms with Crippen LogP contribution >= 0.6 is 0 Å². The van der Waals surface area contributed by atoms with E-state index in [4.69, 9.17) is 4.98 Å². The van der Waals surface area contributed by atoms with Gasteiger partial charge in [-0.25, -0.2) is 4.98 Å². The van der Waals surface area contributed by atoms with E-state index in [9.17, 15) is 10.4 Å². The number of aliphatic hydroxyl groups is 1. The van der Waals surface area contributed by atoms with E-state index in [0.717, 1.165) is 30.2 Å². The van der Waals surface area contributed by atoms with Gasteiger partial charge >= 0.3 is 0 Å². The first-order valence-corrected chi connectivity index (χ1v) is 8.49. The lowest BCUT2D eigenvalue weighted by atomic mass is 9.86. The minimum Gasteiger partial charge on any atom is -0.394 e. The van der Waals surface area contributed by atoms with E-state index >= 15 is 0 Å². The Balaban J connectivity index is 2.50. The summed E-state index contributed by atoms with van der Waals surface area (Å²) >= 11 is 0. The summed E-state index contributed by atoms with van der Waals surface area (Å²) in [6.45, 7) is 8.62. The van der Waals surface area contributed by atoms with Crippen molar-refractivity contribution in [3.8, 4) is 6.07 Å². The standard InChI is InChI=1S/C18H26N6O/c1-5-8-24(13(2)11-25)17-10-14(18(3,4)12-19)9-16(22-17)21-15-6-7-20-23-15/h6-7,9-10,13,25H,5,8,11H2,1-4H3,(H2,20,21,22,23)/t13-/m1/s1. The molecule has 134 valence electrons. The minimum absolute atomic E-state index is 0.0386. The number of nitriles is 1. The van der Waals surface area contributed by atoms with Gasteiger partial charge in [-0.3, -0.25) is 5.10 Å². The van der Waals surface area contributed by atoms with Crippen molar-refractivity contribution in [3.05, 3.63) is 30.0 Å². The van der Waals surface area contributed by atoms with Crippen LogP contribution in [0.4, 0.5) is 17.5 Å². The molecule has 0 saturated carbocycles. The molecule has 0 bridgehead atoms. The summed E-state index contributed by atoms with van der Waals surface area (Å²) in [5, 5.41) is 29.1. The minimum atomic E-state index is -0.650. The van der Waals surface area contributed by atoms with Gasteiger partial charge in [0.1, 0.15) is 17.5 Å². The predicted molar refractivity (Wildman–Crippen MR) is 98.9 cm³/mol. The average Bonchev–Trinajstić information content (AvgIpc) is 3.11. The van der Waals surface area contributed by atoms with Crippen LogP contribution in [-0.4, -0.2) is 39.5 Å². The van der Waals surface area contributed by atoms with Gasteiger partial charge in [-0.05, 0) is 44.9 Å². The number of hydrogen-bond donors (Lipinski definition) is 3. The zero-order valence-corrected chi connectivity index (χ0v) is 15.2. The van der Waals surface area contributed by atoms with Crippen LogP contribution in [0, 0.1) is 11.3 Å². The van der Waals surface area contributed by atoms with E-state index in [-0.39, 0.29) is 12.6 Å². The molecule has 2 aromatic heterocycles. The van der Waals surface area contributed by atoms with E-state index in [1.165, 1.54) is 0 Å². The second-order valence-electron chi connectivity index (χ2n) is 6.66. The van der Waals surface area contributed by atoms with E-state index < -0.39 is 5.41 Å². The highest BCUT2D eigenvalue weighted by Gasteiger charge is 2.24. The molecule has 25 heavy (non-hydrogen) atoms. The predicted octanol–water partition coefficient (Wildman–Crippen LogP) is 2.95. The third-order valence-corrected chi connectivity index (χ3v) is 4.13. The fraction of sp³-hybridized carbons (Fsp3) is 0.500. The number of aliphatic hydroxyl groups excluding tert-OH is 1. The largest absolute Gasteiger partial charge is 0.394 e. The Morgan fingerprint density at radius 2 is 2.20 bits per heavy atom. The van der Waals surface area contributed by atoms with E-state index in [0.29, 0.717) is 5.82 Å². The van der Waals surface area contributed by atoms with Crippen molar-refractivity contribution in [2.24, 2.45) is 0 Å². The molecule has 0 spiro atoms. The quantitative estimate of drug-likeness (QED) is 0.682. The molecule has 2 heterocycles.